The monoisotopic (exact) mass is 187 g/mol. The normalized spacial score (nSPS) is 12.6. The predicted octanol–water partition coefficient (Wildman–Crippen LogP) is 1.91. The van der Waals surface area contributed by atoms with E-state index in [1.165, 1.54) is 0 Å². The summed E-state index contributed by atoms with van der Waals surface area (Å²) in [5.74, 6) is 0. The third kappa shape index (κ3) is 11.6. The molecule has 3 heteroatoms. The summed E-state index contributed by atoms with van der Waals surface area (Å²) in [6, 6.07) is 0. The maximum Gasteiger partial charge on any atom is 0.0815 e. The van der Waals surface area contributed by atoms with Gasteiger partial charge in [-0.15, -0.1) is 0 Å². The van der Waals surface area contributed by atoms with Gasteiger partial charge in [0.05, 0.1) is 25.4 Å². The molecule has 0 unspecified atom stereocenters. The Labute approximate surface area is 81.1 Å². The average molecular weight is 187 g/mol. The first-order valence-electron chi connectivity index (χ1n) is 4.75. The van der Waals surface area contributed by atoms with E-state index in [4.69, 9.17) is 9.47 Å². The fraction of sp³-hybridized carbons (Fsp3) is 0.900. The van der Waals surface area contributed by atoms with Gasteiger partial charge in [0, 0.05) is 12.8 Å². The Hall–Kier alpha value is -0.410. The fourth-order valence-electron chi connectivity index (χ4n) is 0.709. The zero-order valence-electron chi connectivity index (χ0n) is 9.17. The van der Waals surface area contributed by atoms with Crippen LogP contribution in [-0.2, 0) is 9.47 Å². The molecule has 0 saturated heterocycles. The topological polar surface area (TPSA) is 30.8 Å². The van der Waals surface area contributed by atoms with Crippen LogP contribution in [-0.4, -0.2) is 38.2 Å². The van der Waals surface area contributed by atoms with Crippen LogP contribution in [0.4, 0.5) is 0 Å². The van der Waals surface area contributed by atoms with Crippen molar-refractivity contribution in [3.05, 3.63) is 0 Å². The molecule has 3 nitrogen and oxygen atoms in total. The van der Waals surface area contributed by atoms with Gasteiger partial charge in [0.25, 0.3) is 0 Å². The summed E-state index contributed by atoms with van der Waals surface area (Å²) in [6.07, 6.45) is 1.81. The van der Waals surface area contributed by atoms with Crippen molar-refractivity contribution in [2.24, 2.45) is 4.99 Å². The van der Waals surface area contributed by atoms with Gasteiger partial charge in [-0.2, -0.15) is 0 Å². The molecule has 0 atom stereocenters. The molecule has 0 rings (SSSR count). The lowest BCUT2D eigenvalue weighted by Crippen LogP contribution is -2.12. The third-order valence-corrected chi connectivity index (χ3v) is 1.25. The van der Waals surface area contributed by atoms with Gasteiger partial charge in [-0.05, 0) is 27.7 Å². The molecule has 13 heavy (non-hydrogen) atoms. The second-order valence-corrected chi connectivity index (χ2v) is 3.75. The Balaban J connectivity index is 3.21. The summed E-state index contributed by atoms with van der Waals surface area (Å²) in [7, 11) is 0. The molecule has 0 saturated carbocycles. The van der Waals surface area contributed by atoms with E-state index in [2.05, 4.69) is 25.8 Å². The number of aliphatic imine (C=N–C) groups is 1. The van der Waals surface area contributed by atoms with Gasteiger partial charge in [0.1, 0.15) is 0 Å². The molecule has 0 spiro atoms. The second-order valence-electron chi connectivity index (χ2n) is 3.75. The Bertz CT molecular complexity index is 138. The zero-order chi connectivity index (χ0) is 10.2. The summed E-state index contributed by atoms with van der Waals surface area (Å²) in [5, 5.41) is 0. The van der Waals surface area contributed by atoms with Gasteiger partial charge >= 0.3 is 0 Å². The second kappa shape index (κ2) is 7.04. The number of nitrogens with zero attached hydrogens (tertiary/aromatic N) is 1. The molecule has 0 aromatic rings. The average Bonchev–Trinajstić information content (AvgIpc) is 2.01. The highest BCUT2D eigenvalue weighted by atomic mass is 16.5. The van der Waals surface area contributed by atoms with Crippen molar-refractivity contribution < 1.29 is 9.47 Å². The SMILES string of the molecule is CCOCCOC/C=N/C(C)(C)C. The van der Waals surface area contributed by atoms with Crippen LogP contribution in [0.3, 0.4) is 0 Å². The molecule has 78 valence electrons. The molecule has 0 bridgehead atoms. The van der Waals surface area contributed by atoms with Crippen molar-refractivity contribution in [3.63, 3.8) is 0 Å². The lowest BCUT2D eigenvalue weighted by atomic mass is 10.1. The summed E-state index contributed by atoms with van der Waals surface area (Å²) in [6.45, 7) is 10.8. The third-order valence-electron chi connectivity index (χ3n) is 1.25. The van der Waals surface area contributed by atoms with Crippen molar-refractivity contribution in [2.75, 3.05) is 26.4 Å². The van der Waals surface area contributed by atoms with Crippen molar-refractivity contribution in [1.29, 1.82) is 0 Å². The highest BCUT2D eigenvalue weighted by Gasteiger charge is 2.03. The summed E-state index contributed by atoms with van der Waals surface area (Å²) < 4.78 is 10.4. The van der Waals surface area contributed by atoms with Crippen LogP contribution >= 0.6 is 0 Å². The molecular formula is C10H21NO2. The minimum Gasteiger partial charge on any atom is -0.379 e. The number of hydrogen-bond donors (Lipinski definition) is 0. The molecule has 0 amide bonds. The minimum absolute atomic E-state index is 0.00325. The van der Waals surface area contributed by atoms with Crippen molar-refractivity contribution >= 4 is 6.21 Å². The molecule has 0 fully saturated rings. The molecular weight excluding hydrogens is 166 g/mol. The van der Waals surface area contributed by atoms with Gasteiger partial charge in [-0.3, -0.25) is 4.99 Å². The highest BCUT2D eigenvalue weighted by Crippen LogP contribution is 2.03. The maximum absolute atomic E-state index is 5.26. The van der Waals surface area contributed by atoms with Crippen molar-refractivity contribution in [3.8, 4) is 0 Å². The lowest BCUT2D eigenvalue weighted by molar-refractivity contribution is 0.0688. The van der Waals surface area contributed by atoms with Crippen LogP contribution in [0.2, 0.25) is 0 Å². The van der Waals surface area contributed by atoms with Crippen LogP contribution in [0.5, 0.6) is 0 Å². The van der Waals surface area contributed by atoms with E-state index in [0.29, 0.717) is 19.8 Å². The summed E-state index contributed by atoms with van der Waals surface area (Å²) in [5.41, 5.74) is 0.00325. The van der Waals surface area contributed by atoms with Gasteiger partial charge < -0.3 is 9.47 Å². The van der Waals surface area contributed by atoms with Gasteiger partial charge in [0.15, 0.2) is 0 Å². The van der Waals surface area contributed by atoms with Crippen LogP contribution in [0.15, 0.2) is 4.99 Å². The fourth-order valence-corrected chi connectivity index (χ4v) is 0.709. The van der Waals surface area contributed by atoms with Crippen LogP contribution < -0.4 is 0 Å². The van der Waals surface area contributed by atoms with E-state index in [0.717, 1.165) is 6.61 Å². The first kappa shape index (κ1) is 12.6. The molecule has 0 aliphatic carbocycles. The molecule has 0 aromatic heterocycles. The molecule has 0 heterocycles. The molecule has 0 N–H and O–H groups in total. The quantitative estimate of drug-likeness (QED) is 0.470. The zero-order valence-corrected chi connectivity index (χ0v) is 9.17. The van der Waals surface area contributed by atoms with E-state index in [9.17, 15) is 0 Å². The highest BCUT2D eigenvalue weighted by molar-refractivity contribution is 5.59. The lowest BCUT2D eigenvalue weighted by Gasteiger charge is -2.10. The predicted molar refractivity (Wildman–Crippen MR) is 55.6 cm³/mol. The molecule has 0 aliphatic heterocycles. The van der Waals surface area contributed by atoms with Crippen molar-refractivity contribution in [2.45, 2.75) is 33.2 Å². The van der Waals surface area contributed by atoms with E-state index in [-0.39, 0.29) is 5.54 Å². The van der Waals surface area contributed by atoms with Gasteiger partial charge in [0.2, 0.25) is 0 Å². The first-order valence-corrected chi connectivity index (χ1v) is 4.75. The number of rotatable bonds is 6. The number of ether oxygens (including phenoxy) is 2. The minimum atomic E-state index is 0.00325. The molecule has 0 aliphatic rings. The summed E-state index contributed by atoms with van der Waals surface area (Å²) in [4.78, 5) is 4.28. The van der Waals surface area contributed by atoms with Crippen LogP contribution in [0.25, 0.3) is 0 Å². The first-order chi connectivity index (χ1) is 6.06. The Kier molecular flexibility index (Phi) is 6.82. The Morgan fingerprint density at radius 3 is 2.31 bits per heavy atom. The van der Waals surface area contributed by atoms with Crippen molar-refractivity contribution in [1.82, 2.24) is 0 Å². The Morgan fingerprint density at radius 2 is 1.77 bits per heavy atom. The van der Waals surface area contributed by atoms with E-state index in [1.54, 1.807) is 0 Å². The van der Waals surface area contributed by atoms with E-state index < -0.39 is 0 Å². The standard InChI is InChI=1S/C10H21NO2/c1-5-12-8-9-13-7-6-11-10(2,3)4/h6H,5,7-9H2,1-4H3/b11-6+. The number of hydrogen-bond acceptors (Lipinski definition) is 3. The maximum atomic E-state index is 5.26. The summed E-state index contributed by atoms with van der Waals surface area (Å²) >= 11 is 0. The van der Waals surface area contributed by atoms with Gasteiger partial charge in [-0.1, -0.05) is 0 Å². The molecule has 0 radical (unpaired) electrons. The van der Waals surface area contributed by atoms with Gasteiger partial charge in [-0.25, -0.2) is 0 Å². The van der Waals surface area contributed by atoms with Crippen LogP contribution in [0, 0.1) is 0 Å². The van der Waals surface area contributed by atoms with E-state index in [1.807, 2.05) is 13.1 Å². The smallest absolute Gasteiger partial charge is 0.0815 e. The molecule has 0 aromatic carbocycles. The van der Waals surface area contributed by atoms with Crippen LogP contribution in [0.1, 0.15) is 27.7 Å². The Morgan fingerprint density at radius 1 is 1.15 bits per heavy atom. The van der Waals surface area contributed by atoms with E-state index >= 15 is 0 Å². The largest absolute Gasteiger partial charge is 0.379 e.